The Morgan fingerprint density at radius 2 is 1.92 bits per heavy atom. The number of rotatable bonds is 4. The number of anilines is 1. The predicted octanol–water partition coefficient (Wildman–Crippen LogP) is 0.672. The summed E-state index contributed by atoms with van der Waals surface area (Å²) in [4.78, 5) is 16.8. The summed E-state index contributed by atoms with van der Waals surface area (Å²) >= 11 is 0. The molecule has 2 aromatic rings. The molecule has 0 saturated heterocycles. The second-order valence-corrected chi connectivity index (χ2v) is 7.49. The first-order valence-electron chi connectivity index (χ1n) is 7.39. The van der Waals surface area contributed by atoms with Crippen LogP contribution >= 0.6 is 0 Å². The number of pyridine rings is 1. The van der Waals surface area contributed by atoms with Gasteiger partial charge in [0.15, 0.2) is 11.8 Å². The number of hydrogen-bond acceptors (Lipinski definition) is 7. The van der Waals surface area contributed by atoms with Gasteiger partial charge in [-0.1, -0.05) is 18.2 Å². The molecule has 2 N–H and O–H groups in total. The van der Waals surface area contributed by atoms with Crippen LogP contribution in [0, 0.1) is 0 Å². The van der Waals surface area contributed by atoms with Crippen LogP contribution in [0.25, 0.3) is 0 Å². The number of carbonyl (C=O) groups is 1. The van der Waals surface area contributed by atoms with E-state index in [2.05, 4.69) is 10.3 Å². The highest BCUT2D eigenvalue weighted by Crippen LogP contribution is 2.34. The van der Waals surface area contributed by atoms with Gasteiger partial charge in [0.05, 0.1) is 4.90 Å². The average Bonchev–Trinajstić information content (AvgIpc) is 2.61. The predicted molar refractivity (Wildman–Crippen MR) is 89.3 cm³/mol. The summed E-state index contributed by atoms with van der Waals surface area (Å²) in [7, 11) is -1.59. The quantitative estimate of drug-likeness (QED) is 0.769. The molecular formula is C16H17N3O5S. The number of benzene rings is 1. The molecule has 0 aliphatic carbocycles. The normalized spacial score (nSPS) is 22.0. The molecule has 1 aliphatic heterocycles. The maximum atomic E-state index is 12.9. The minimum Gasteiger partial charge on any atom is -0.347 e. The largest absolute Gasteiger partial charge is 0.347 e. The SMILES string of the molecule is CO[C@](O)(Nc1ccccn1)[C@@H]1C(=O)c2ccccc2S(=O)(=O)N1C. The minimum absolute atomic E-state index is 0.00361. The molecule has 1 aromatic carbocycles. The molecule has 132 valence electrons. The zero-order valence-corrected chi connectivity index (χ0v) is 14.4. The number of aromatic nitrogens is 1. The number of ketones is 1. The van der Waals surface area contributed by atoms with Crippen LogP contribution < -0.4 is 5.32 Å². The van der Waals surface area contributed by atoms with E-state index in [9.17, 15) is 18.3 Å². The highest BCUT2D eigenvalue weighted by molar-refractivity contribution is 7.89. The molecule has 2 atom stereocenters. The lowest BCUT2D eigenvalue weighted by Gasteiger charge is -2.41. The van der Waals surface area contributed by atoms with Crippen LogP contribution in [-0.2, 0) is 14.8 Å². The summed E-state index contributed by atoms with van der Waals surface area (Å²) in [6.45, 7) is 0. The Bertz CT molecular complexity index is 903. The van der Waals surface area contributed by atoms with Crippen molar-refractivity contribution in [1.29, 1.82) is 0 Å². The zero-order chi connectivity index (χ0) is 18.2. The standard InChI is InChI=1S/C16H17N3O5S/c1-19-15(16(21,24-2)18-13-9-5-6-10-17-13)14(20)11-7-3-4-8-12(11)25(19,22)23/h3-10,15,21H,1-2H3,(H,17,18)/t15-,16-/m0/s1. The van der Waals surface area contributed by atoms with Crippen molar-refractivity contribution >= 4 is 21.6 Å². The van der Waals surface area contributed by atoms with E-state index in [0.29, 0.717) is 0 Å². The fourth-order valence-electron chi connectivity index (χ4n) is 2.78. The van der Waals surface area contributed by atoms with Gasteiger partial charge in [0.2, 0.25) is 10.0 Å². The van der Waals surface area contributed by atoms with Crippen LogP contribution in [0.1, 0.15) is 10.4 Å². The van der Waals surface area contributed by atoms with Gasteiger partial charge in [0.1, 0.15) is 5.82 Å². The van der Waals surface area contributed by atoms with Crippen LogP contribution in [0.4, 0.5) is 5.82 Å². The molecule has 3 rings (SSSR count). The average molecular weight is 363 g/mol. The van der Waals surface area contributed by atoms with Crippen molar-refractivity contribution in [2.45, 2.75) is 16.8 Å². The molecular weight excluding hydrogens is 346 g/mol. The number of nitrogens with zero attached hydrogens (tertiary/aromatic N) is 2. The number of methoxy groups -OCH3 is 1. The number of nitrogens with one attached hydrogen (secondary N) is 1. The van der Waals surface area contributed by atoms with E-state index in [1.807, 2.05) is 0 Å². The topological polar surface area (TPSA) is 109 Å². The van der Waals surface area contributed by atoms with Crippen LogP contribution in [0.5, 0.6) is 0 Å². The van der Waals surface area contributed by atoms with Gasteiger partial charge in [-0.15, -0.1) is 0 Å². The van der Waals surface area contributed by atoms with Crippen molar-refractivity contribution in [1.82, 2.24) is 9.29 Å². The van der Waals surface area contributed by atoms with Crippen molar-refractivity contribution in [2.75, 3.05) is 19.5 Å². The number of hydrogen-bond donors (Lipinski definition) is 2. The first-order chi connectivity index (χ1) is 11.8. The van der Waals surface area contributed by atoms with E-state index in [-0.39, 0.29) is 16.3 Å². The van der Waals surface area contributed by atoms with Gasteiger partial charge in [-0.3, -0.25) is 4.79 Å². The van der Waals surface area contributed by atoms with Crippen molar-refractivity contribution in [3.05, 3.63) is 54.2 Å². The van der Waals surface area contributed by atoms with Crippen molar-refractivity contribution < 1.29 is 23.1 Å². The fourth-order valence-corrected chi connectivity index (χ4v) is 4.30. The van der Waals surface area contributed by atoms with Gasteiger partial charge in [0, 0.05) is 25.9 Å². The van der Waals surface area contributed by atoms with E-state index in [1.165, 1.54) is 38.6 Å². The molecule has 8 nitrogen and oxygen atoms in total. The molecule has 0 amide bonds. The lowest BCUT2D eigenvalue weighted by atomic mass is 10.0. The van der Waals surface area contributed by atoms with Gasteiger partial charge in [0.25, 0.3) is 5.91 Å². The lowest BCUT2D eigenvalue weighted by molar-refractivity contribution is -0.183. The molecule has 0 unspecified atom stereocenters. The Hall–Kier alpha value is -2.33. The van der Waals surface area contributed by atoms with Crippen molar-refractivity contribution in [2.24, 2.45) is 0 Å². The van der Waals surface area contributed by atoms with Gasteiger partial charge in [-0.25, -0.2) is 13.4 Å². The number of fused-ring (bicyclic) bond motifs is 1. The molecule has 1 aromatic heterocycles. The minimum atomic E-state index is -3.98. The highest BCUT2D eigenvalue weighted by atomic mass is 32.2. The summed E-state index contributed by atoms with van der Waals surface area (Å²) in [6, 6.07) is 9.23. The number of aliphatic hydroxyl groups is 1. The first-order valence-corrected chi connectivity index (χ1v) is 8.83. The second kappa shape index (κ2) is 6.19. The van der Waals surface area contributed by atoms with Crippen LogP contribution in [-0.4, -0.2) is 54.7 Å². The number of likely N-dealkylation sites (N-methyl/N-ethyl adjacent to an activating group) is 1. The van der Waals surface area contributed by atoms with Crippen LogP contribution in [0.3, 0.4) is 0 Å². The smallest absolute Gasteiger partial charge is 0.272 e. The van der Waals surface area contributed by atoms with E-state index in [1.54, 1.807) is 24.3 Å². The summed E-state index contributed by atoms with van der Waals surface area (Å²) in [5.41, 5.74) is 0.00361. The van der Waals surface area contributed by atoms with E-state index < -0.39 is 27.8 Å². The first kappa shape index (κ1) is 17.5. The molecule has 0 fully saturated rings. The molecule has 25 heavy (non-hydrogen) atoms. The molecule has 2 heterocycles. The van der Waals surface area contributed by atoms with Crippen LogP contribution in [0.15, 0.2) is 53.6 Å². The summed E-state index contributed by atoms with van der Waals surface area (Å²) in [5, 5.41) is 13.5. The maximum absolute atomic E-state index is 12.9. The van der Waals surface area contributed by atoms with Crippen molar-refractivity contribution in [3.8, 4) is 0 Å². The van der Waals surface area contributed by atoms with E-state index >= 15 is 0 Å². The zero-order valence-electron chi connectivity index (χ0n) is 13.6. The molecule has 9 heteroatoms. The molecule has 0 radical (unpaired) electrons. The monoisotopic (exact) mass is 363 g/mol. The molecule has 1 aliphatic rings. The number of ether oxygens (including phenoxy) is 1. The Balaban J connectivity index is 2.10. The third kappa shape index (κ3) is 2.81. The lowest BCUT2D eigenvalue weighted by Crippen LogP contribution is -2.64. The van der Waals surface area contributed by atoms with E-state index in [4.69, 9.17) is 4.74 Å². The van der Waals surface area contributed by atoms with Gasteiger partial charge < -0.3 is 15.2 Å². The summed E-state index contributed by atoms with van der Waals surface area (Å²) < 4.78 is 31.4. The van der Waals surface area contributed by atoms with Gasteiger partial charge in [-0.2, -0.15) is 4.31 Å². The Morgan fingerprint density at radius 3 is 2.56 bits per heavy atom. The summed E-state index contributed by atoms with van der Waals surface area (Å²) in [6.07, 6.45) is 1.48. The third-order valence-electron chi connectivity index (χ3n) is 4.08. The Morgan fingerprint density at radius 1 is 1.24 bits per heavy atom. The Kier molecular flexibility index (Phi) is 4.33. The van der Waals surface area contributed by atoms with Gasteiger partial charge >= 0.3 is 0 Å². The summed E-state index contributed by atoms with van der Waals surface area (Å²) in [5.74, 6) is -2.66. The molecule has 0 bridgehead atoms. The third-order valence-corrected chi connectivity index (χ3v) is 5.96. The van der Waals surface area contributed by atoms with Crippen LogP contribution in [0.2, 0.25) is 0 Å². The Labute approximate surface area is 145 Å². The number of carbonyl (C=O) groups excluding carboxylic acids is 1. The van der Waals surface area contributed by atoms with Crippen molar-refractivity contribution in [3.63, 3.8) is 0 Å². The molecule has 0 saturated carbocycles. The second-order valence-electron chi connectivity index (χ2n) is 5.52. The number of Topliss-reactive ketones (excluding diaryl/α,β-unsaturated/α-hetero) is 1. The van der Waals surface area contributed by atoms with E-state index in [0.717, 1.165) is 4.31 Å². The van der Waals surface area contributed by atoms with Gasteiger partial charge in [-0.05, 0) is 24.3 Å². The number of sulfonamides is 1. The fraction of sp³-hybridized carbons (Fsp3) is 0.250. The highest BCUT2D eigenvalue weighted by Gasteiger charge is 2.53. The maximum Gasteiger partial charge on any atom is 0.272 e. The molecule has 0 spiro atoms.